The van der Waals surface area contributed by atoms with E-state index in [1.54, 1.807) is 0 Å². The van der Waals surface area contributed by atoms with Gasteiger partial charge in [0.1, 0.15) is 0 Å². The topological polar surface area (TPSA) is 24.5 Å². The van der Waals surface area contributed by atoms with Crippen LogP contribution in [0.3, 0.4) is 0 Å². The summed E-state index contributed by atoms with van der Waals surface area (Å²) in [6.07, 6.45) is 7.11. The Bertz CT molecular complexity index is 233. The molecule has 1 N–H and O–H groups in total. The number of nitrogens with zero attached hydrogens (tertiary/aromatic N) is 1. The lowest BCUT2D eigenvalue weighted by Gasteiger charge is -2.40. The third-order valence-electron chi connectivity index (χ3n) is 4.49. The van der Waals surface area contributed by atoms with Gasteiger partial charge in [0.25, 0.3) is 0 Å². The predicted molar refractivity (Wildman–Crippen MR) is 75.9 cm³/mol. The fraction of sp³-hybridized carbons (Fsp3) is 1.00. The van der Waals surface area contributed by atoms with Crippen LogP contribution in [0.4, 0.5) is 0 Å². The molecule has 0 spiro atoms. The van der Waals surface area contributed by atoms with Gasteiger partial charge in [-0.25, -0.2) is 0 Å². The summed E-state index contributed by atoms with van der Waals surface area (Å²) in [5, 5.41) is 3.71. The average Bonchev–Trinajstić information content (AvgIpc) is 2.60. The van der Waals surface area contributed by atoms with Gasteiger partial charge in [0.15, 0.2) is 0 Å². The van der Waals surface area contributed by atoms with Crippen molar-refractivity contribution in [3.8, 4) is 0 Å². The fourth-order valence-corrected chi connectivity index (χ4v) is 3.72. The first-order valence-corrected chi connectivity index (χ1v) is 7.85. The first-order chi connectivity index (χ1) is 8.74. The average molecular weight is 254 g/mol. The van der Waals surface area contributed by atoms with E-state index < -0.39 is 0 Å². The van der Waals surface area contributed by atoms with Crippen LogP contribution < -0.4 is 5.32 Å². The molecular formula is C15H30N2O. The van der Waals surface area contributed by atoms with Crippen molar-refractivity contribution in [2.45, 2.75) is 77.1 Å². The molecule has 0 aromatic heterocycles. The molecule has 2 fully saturated rings. The highest BCUT2D eigenvalue weighted by atomic mass is 16.5. The van der Waals surface area contributed by atoms with E-state index in [9.17, 15) is 0 Å². The summed E-state index contributed by atoms with van der Waals surface area (Å²) in [4.78, 5) is 2.73. The summed E-state index contributed by atoms with van der Waals surface area (Å²) in [6, 6.07) is 2.38. The van der Waals surface area contributed by atoms with E-state index in [0.717, 1.165) is 31.3 Å². The van der Waals surface area contributed by atoms with Gasteiger partial charge in [-0.1, -0.05) is 6.92 Å². The normalized spacial score (nSPS) is 33.8. The minimum absolute atomic E-state index is 0.387. The maximum absolute atomic E-state index is 5.70. The second-order valence-electron chi connectivity index (χ2n) is 5.97. The number of ether oxygens (including phenoxy) is 1. The van der Waals surface area contributed by atoms with E-state index in [1.165, 1.54) is 38.6 Å². The van der Waals surface area contributed by atoms with Crippen LogP contribution in [0.1, 0.15) is 52.9 Å². The lowest BCUT2D eigenvalue weighted by atomic mass is 9.97. The van der Waals surface area contributed by atoms with Crippen molar-refractivity contribution < 1.29 is 4.74 Å². The second kappa shape index (κ2) is 6.88. The molecule has 3 atom stereocenters. The molecule has 3 unspecified atom stereocenters. The molecule has 0 aromatic rings. The molecule has 2 saturated heterocycles. The third-order valence-corrected chi connectivity index (χ3v) is 4.49. The van der Waals surface area contributed by atoms with Crippen molar-refractivity contribution in [2.24, 2.45) is 0 Å². The zero-order valence-electron chi connectivity index (χ0n) is 12.3. The summed E-state index contributed by atoms with van der Waals surface area (Å²) >= 11 is 0. The third kappa shape index (κ3) is 3.46. The van der Waals surface area contributed by atoms with Crippen LogP contribution in [0.5, 0.6) is 0 Å². The predicted octanol–water partition coefficient (Wildman–Crippen LogP) is 2.41. The maximum atomic E-state index is 5.70. The summed E-state index contributed by atoms with van der Waals surface area (Å²) in [6.45, 7) is 9.70. The summed E-state index contributed by atoms with van der Waals surface area (Å²) in [7, 11) is 0. The SMILES string of the molecule is CCCNC1CC2CCC(C1)N2CC(C)OCC. The summed E-state index contributed by atoms with van der Waals surface area (Å²) in [5.41, 5.74) is 0. The van der Waals surface area contributed by atoms with Gasteiger partial charge < -0.3 is 10.1 Å². The fourth-order valence-electron chi connectivity index (χ4n) is 3.72. The maximum Gasteiger partial charge on any atom is 0.0673 e. The molecule has 0 radical (unpaired) electrons. The van der Waals surface area contributed by atoms with Crippen molar-refractivity contribution in [3.63, 3.8) is 0 Å². The molecule has 0 aromatic carbocycles. The van der Waals surface area contributed by atoms with Gasteiger partial charge in [0, 0.05) is 31.3 Å². The van der Waals surface area contributed by atoms with Gasteiger partial charge in [-0.05, 0) is 52.5 Å². The number of piperidine rings is 1. The molecular weight excluding hydrogens is 224 g/mol. The van der Waals surface area contributed by atoms with Crippen LogP contribution in [-0.2, 0) is 4.74 Å². The minimum Gasteiger partial charge on any atom is -0.377 e. The molecule has 0 aliphatic carbocycles. The molecule has 18 heavy (non-hydrogen) atoms. The largest absolute Gasteiger partial charge is 0.377 e. The first-order valence-electron chi connectivity index (χ1n) is 7.85. The number of rotatable bonds is 7. The lowest BCUT2D eigenvalue weighted by molar-refractivity contribution is 0.0155. The summed E-state index contributed by atoms with van der Waals surface area (Å²) in [5.74, 6) is 0. The molecule has 2 rings (SSSR count). The molecule has 3 nitrogen and oxygen atoms in total. The first kappa shape index (κ1) is 14.3. The minimum atomic E-state index is 0.387. The molecule has 2 aliphatic heterocycles. The highest BCUT2D eigenvalue weighted by Gasteiger charge is 2.40. The van der Waals surface area contributed by atoms with Gasteiger partial charge in [-0.15, -0.1) is 0 Å². The van der Waals surface area contributed by atoms with Crippen molar-refractivity contribution in [1.29, 1.82) is 0 Å². The Morgan fingerprint density at radius 1 is 1.22 bits per heavy atom. The Morgan fingerprint density at radius 3 is 2.44 bits per heavy atom. The Labute approximate surface area is 112 Å². The highest BCUT2D eigenvalue weighted by molar-refractivity contribution is 4.97. The quantitative estimate of drug-likeness (QED) is 0.755. The molecule has 0 amide bonds. The lowest BCUT2D eigenvalue weighted by Crippen LogP contribution is -2.51. The molecule has 2 heterocycles. The Morgan fingerprint density at radius 2 is 1.89 bits per heavy atom. The molecule has 2 aliphatic rings. The highest BCUT2D eigenvalue weighted by Crippen LogP contribution is 2.35. The molecule has 106 valence electrons. The second-order valence-corrected chi connectivity index (χ2v) is 5.97. The van der Waals surface area contributed by atoms with Gasteiger partial charge in [-0.3, -0.25) is 4.90 Å². The van der Waals surface area contributed by atoms with Crippen molar-refractivity contribution in [3.05, 3.63) is 0 Å². The van der Waals surface area contributed by atoms with Crippen molar-refractivity contribution >= 4 is 0 Å². The van der Waals surface area contributed by atoms with E-state index in [-0.39, 0.29) is 0 Å². The van der Waals surface area contributed by atoms with Gasteiger partial charge >= 0.3 is 0 Å². The van der Waals surface area contributed by atoms with E-state index in [2.05, 4.69) is 31.0 Å². The zero-order chi connectivity index (χ0) is 13.0. The number of hydrogen-bond donors (Lipinski definition) is 1. The number of fused-ring (bicyclic) bond motifs is 2. The van der Waals surface area contributed by atoms with Crippen LogP contribution in [0.25, 0.3) is 0 Å². The molecule has 2 bridgehead atoms. The van der Waals surface area contributed by atoms with Crippen LogP contribution >= 0.6 is 0 Å². The monoisotopic (exact) mass is 254 g/mol. The van der Waals surface area contributed by atoms with E-state index in [0.29, 0.717) is 6.10 Å². The van der Waals surface area contributed by atoms with E-state index in [1.807, 2.05) is 0 Å². The van der Waals surface area contributed by atoms with Crippen LogP contribution in [0, 0.1) is 0 Å². The van der Waals surface area contributed by atoms with Gasteiger partial charge in [0.05, 0.1) is 6.10 Å². The van der Waals surface area contributed by atoms with Crippen molar-refractivity contribution in [1.82, 2.24) is 10.2 Å². The van der Waals surface area contributed by atoms with Crippen LogP contribution in [0.2, 0.25) is 0 Å². The van der Waals surface area contributed by atoms with Crippen LogP contribution in [0.15, 0.2) is 0 Å². The standard InChI is InChI=1S/C15H30N2O/c1-4-8-16-13-9-14-6-7-15(10-13)17(14)11-12(3)18-5-2/h12-16H,4-11H2,1-3H3. The molecule has 3 heteroatoms. The van der Waals surface area contributed by atoms with Gasteiger partial charge in [-0.2, -0.15) is 0 Å². The number of hydrogen-bond acceptors (Lipinski definition) is 3. The Kier molecular flexibility index (Phi) is 5.46. The Balaban J connectivity index is 1.82. The Hall–Kier alpha value is -0.120. The van der Waals surface area contributed by atoms with Crippen LogP contribution in [-0.4, -0.2) is 48.8 Å². The van der Waals surface area contributed by atoms with E-state index in [4.69, 9.17) is 4.74 Å². The van der Waals surface area contributed by atoms with E-state index >= 15 is 0 Å². The van der Waals surface area contributed by atoms with Crippen molar-refractivity contribution in [2.75, 3.05) is 19.7 Å². The zero-order valence-corrected chi connectivity index (χ0v) is 12.3. The smallest absolute Gasteiger partial charge is 0.0673 e. The summed E-state index contributed by atoms with van der Waals surface area (Å²) < 4.78 is 5.70. The number of nitrogens with one attached hydrogen (secondary N) is 1. The van der Waals surface area contributed by atoms with Gasteiger partial charge in [0.2, 0.25) is 0 Å². The molecule has 0 saturated carbocycles.